The van der Waals surface area contributed by atoms with Gasteiger partial charge in [-0.3, -0.25) is 0 Å². The number of unbranched alkanes of at least 4 members (excludes halogenated alkanes) is 3. The molecule has 0 radical (unpaired) electrons. The Morgan fingerprint density at radius 1 is 0.566 bits per heavy atom. The molecule has 0 bridgehead atoms. The quantitative estimate of drug-likeness (QED) is 0.0456. The second-order valence-corrected chi connectivity index (χ2v) is 18.7. The number of aryl methyl sites for hydroxylation is 1. The molecule has 5 heteroatoms. The van der Waals surface area contributed by atoms with E-state index in [1.165, 1.54) is 72.0 Å². The molecule has 0 unspecified atom stereocenters. The average Bonchev–Trinajstić information content (AvgIpc) is 3.85. The molecule has 0 N–H and O–H groups in total. The molecule has 3 nitrogen and oxygen atoms in total. The summed E-state index contributed by atoms with van der Waals surface area (Å²) in [7, 11) is 0. The predicted octanol–water partition coefficient (Wildman–Crippen LogP) is 13.4. The van der Waals surface area contributed by atoms with Crippen molar-refractivity contribution >= 4 is 86.4 Å². The SMILES string of the molecule is CCCCCCc1ccc(-c2ccc(-c3ccc4c5ccc6c7c(ccc(c8cccc3c84)c75)C(=O)N(c3c(C(C)C)cccc3C(C)C)C6=O)[se]2)s1. The molecule has 264 valence electrons. The van der Waals surface area contributed by atoms with Crippen molar-refractivity contribution in [3.63, 3.8) is 0 Å². The Balaban J connectivity index is 1.17. The van der Waals surface area contributed by atoms with E-state index in [1.807, 2.05) is 29.5 Å². The molecule has 0 saturated carbocycles. The van der Waals surface area contributed by atoms with Gasteiger partial charge >= 0.3 is 254 Å². The number of anilines is 1. The van der Waals surface area contributed by atoms with E-state index >= 15 is 0 Å². The number of imide groups is 1. The van der Waals surface area contributed by atoms with Crippen LogP contribution >= 0.6 is 11.3 Å². The molecule has 0 fully saturated rings. The Labute approximate surface area is 321 Å². The molecule has 2 aromatic heterocycles. The maximum absolute atomic E-state index is 14.6. The number of carbonyl (C=O) groups is 2. The van der Waals surface area contributed by atoms with Gasteiger partial charge in [0.15, 0.2) is 0 Å². The molecule has 53 heavy (non-hydrogen) atoms. The summed E-state index contributed by atoms with van der Waals surface area (Å²) in [5.74, 6) is -0.178. The number of para-hydroxylation sites is 1. The first kappa shape index (κ1) is 34.2. The van der Waals surface area contributed by atoms with Crippen LogP contribution in [0.25, 0.3) is 62.4 Å². The van der Waals surface area contributed by atoms with Gasteiger partial charge in [0.1, 0.15) is 0 Å². The van der Waals surface area contributed by atoms with Crippen molar-refractivity contribution in [1.29, 1.82) is 0 Å². The van der Waals surface area contributed by atoms with Crippen LogP contribution in [0.15, 0.2) is 97.1 Å². The van der Waals surface area contributed by atoms with Crippen LogP contribution in [0.2, 0.25) is 0 Å². The van der Waals surface area contributed by atoms with Gasteiger partial charge in [0.2, 0.25) is 0 Å². The topological polar surface area (TPSA) is 37.4 Å². The summed E-state index contributed by atoms with van der Waals surface area (Å²) >= 11 is 2.19. The van der Waals surface area contributed by atoms with E-state index in [0.29, 0.717) is 11.1 Å². The van der Waals surface area contributed by atoms with Crippen LogP contribution in [0.3, 0.4) is 0 Å². The predicted molar refractivity (Wildman–Crippen MR) is 227 cm³/mol. The van der Waals surface area contributed by atoms with Crippen LogP contribution in [0.5, 0.6) is 0 Å². The molecule has 0 atom stereocenters. The molecule has 2 amide bonds. The van der Waals surface area contributed by atoms with Crippen molar-refractivity contribution in [2.24, 2.45) is 0 Å². The second kappa shape index (κ2) is 13.4. The van der Waals surface area contributed by atoms with Crippen LogP contribution in [-0.2, 0) is 6.42 Å². The van der Waals surface area contributed by atoms with Crippen LogP contribution < -0.4 is 4.90 Å². The van der Waals surface area contributed by atoms with Crippen molar-refractivity contribution in [1.82, 2.24) is 0 Å². The third kappa shape index (κ3) is 5.42. The van der Waals surface area contributed by atoms with Crippen molar-refractivity contribution in [3.05, 3.63) is 124 Å². The third-order valence-corrected chi connectivity index (χ3v) is 15.2. The van der Waals surface area contributed by atoms with E-state index in [9.17, 15) is 9.59 Å². The summed E-state index contributed by atoms with van der Waals surface area (Å²) in [5, 5.41) is 8.79. The number of benzene rings is 6. The van der Waals surface area contributed by atoms with Gasteiger partial charge in [0.05, 0.1) is 0 Å². The van der Waals surface area contributed by atoms with Gasteiger partial charge in [-0.25, -0.2) is 0 Å². The van der Waals surface area contributed by atoms with Crippen molar-refractivity contribution in [2.45, 2.75) is 78.6 Å². The first-order chi connectivity index (χ1) is 25.8. The summed E-state index contributed by atoms with van der Waals surface area (Å²) in [6, 6.07) is 34.9. The Hall–Kier alpha value is -4.54. The zero-order chi connectivity index (χ0) is 36.5. The van der Waals surface area contributed by atoms with Gasteiger partial charge in [0.25, 0.3) is 0 Å². The number of thiophene rings is 1. The van der Waals surface area contributed by atoms with Gasteiger partial charge in [-0.1, -0.05) is 45.9 Å². The molecule has 1 aliphatic heterocycles. The molecular formula is C48H43NO2SSe. The summed E-state index contributed by atoms with van der Waals surface area (Å²) in [5.41, 5.74) is 5.26. The van der Waals surface area contributed by atoms with E-state index in [0.717, 1.165) is 49.1 Å². The number of hydrogen-bond acceptors (Lipinski definition) is 3. The van der Waals surface area contributed by atoms with Crippen molar-refractivity contribution in [2.75, 3.05) is 4.90 Å². The summed E-state index contributed by atoms with van der Waals surface area (Å²) in [4.78, 5) is 33.6. The first-order valence-corrected chi connectivity index (χ1v) is 21.7. The van der Waals surface area contributed by atoms with Crippen LogP contribution in [-0.4, -0.2) is 26.3 Å². The van der Waals surface area contributed by atoms with Gasteiger partial charge in [-0.15, -0.1) is 0 Å². The fourth-order valence-corrected chi connectivity index (χ4v) is 12.1. The zero-order valence-electron chi connectivity index (χ0n) is 31.0. The molecule has 1 aliphatic rings. The average molecular weight is 777 g/mol. The molecular weight excluding hydrogens is 734 g/mol. The van der Waals surface area contributed by atoms with Gasteiger partial charge in [-0.2, -0.15) is 0 Å². The number of amides is 2. The fraction of sp³-hybridized carbons (Fsp3) is 0.250. The van der Waals surface area contributed by atoms with Crippen LogP contribution in [0.1, 0.15) is 109 Å². The monoisotopic (exact) mass is 777 g/mol. The number of nitrogens with zero attached hydrogens (tertiary/aromatic N) is 1. The maximum atomic E-state index is 14.6. The normalized spacial score (nSPS) is 13.4. The van der Waals surface area contributed by atoms with Crippen LogP contribution in [0, 0.1) is 0 Å². The molecule has 6 aromatic carbocycles. The second-order valence-electron chi connectivity index (χ2n) is 15.2. The van der Waals surface area contributed by atoms with Gasteiger partial charge in [0, 0.05) is 0 Å². The Morgan fingerprint density at radius 3 is 1.81 bits per heavy atom. The number of rotatable bonds is 10. The Morgan fingerprint density at radius 2 is 1.15 bits per heavy atom. The van der Waals surface area contributed by atoms with E-state index in [2.05, 4.69) is 113 Å². The summed E-state index contributed by atoms with van der Waals surface area (Å²) in [6.07, 6.45) is 6.37. The Kier molecular flexibility index (Phi) is 8.65. The van der Waals surface area contributed by atoms with Crippen molar-refractivity contribution in [3.8, 4) is 19.3 Å². The molecule has 0 saturated heterocycles. The number of fused-ring (bicyclic) bond motifs is 2. The zero-order valence-corrected chi connectivity index (χ0v) is 33.5. The minimum atomic E-state index is -0.242. The standard InChI is InChI=1S/C48H43NO2SSe/c1-6-7-8-9-12-29-17-24-40(52-29)42-26-25-41(53-42)32-18-19-35-37-21-23-39-45-38(22-20-36(44(37)45)34-16-11-15-33(32)43(34)35)47(50)49(48(39)51)46-30(27(2)3)13-10-14-31(46)28(4)5/h10-11,13-28H,6-9,12H2,1-5H3. The molecule has 8 aromatic rings. The van der Waals surface area contributed by atoms with E-state index in [-0.39, 0.29) is 38.2 Å². The van der Waals surface area contributed by atoms with Gasteiger partial charge in [-0.05, 0) is 23.0 Å². The minimum absolute atomic E-state index is 0.153. The molecule has 9 rings (SSSR count). The number of carbonyl (C=O) groups excluding carboxylic acids is 2. The van der Waals surface area contributed by atoms with Crippen LogP contribution in [0.4, 0.5) is 5.69 Å². The molecule has 0 spiro atoms. The van der Waals surface area contributed by atoms with E-state index in [4.69, 9.17) is 0 Å². The fourth-order valence-electron chi connectivity index (χ4n) is 8.66. The third-order valence-electron chi connectivity index (χ3n) is 11.3. The molecule has 3 heterocycles. The van der Waals surface area contributed by atoms with E-state index < -0.39 is 0 Å². The van der Waals surface area contributed by atoms with Crippen molar-refractivity contribution < 1.29 is 9.59 Å². The summed E-state index contributed by atoms with van der Waals surface area (Å²) < 4.78 is 2.87. The van der Waals surface area contributed by atoms with Gasteiger partial charge < -0.3 is 0 Å². The Bertz CT molecular complexity index is 2630. The summed E-state index contributed by atoms with van der Waals surface area (Å²) in [6.45, 7) is 10.8. The van der Waals surface area contributed by atoms with E-state index in [1.54, 1.807) is 0 Å². The molecule has 0 aliphatic carbocycles. The number of hydrogen-bond donors (Lipinski definition) is 0. The first-order valence-electron chi connectivity index (χ1n) is 19.1.